The second-order valence-corrected chi connectivity index (χ2v) is 13.1. The normalized spacial score (nSPS) is 49.8. The van der Waals surface area contributed by atoms with Crippen LogP contribution in [0.4, 0.5) is 0 Å². The maximum atomic E-state index is 11.2. The first-order valence-corrected chi connectivity index (χ1v) is 13.0. The van der Waals surface area contributed by atoms with E-state index >= 15 is 0 Å². The summed E-state index contributed by atoms with van der Waals surface area (Å²) in [6.07, 6.45) is 12.0. The highest BCUT2D eigenvalue weighted by molar-refractivity contribution is 5.11. The molecule has 30 heavy (non-hydrogen) atoms. The number of aliphatic hydroxyl groups is 3. The van der Waals surface area contributed by atoms with Crippen molar-refractivity contribution >= 4 is 0 Å². The molecule has 3 N–H and O–H groups in total. The van der Waals surface area contributed by atoms with E-state index in [9.17, 15) is 15.3 Å². The summed E-state index contributed by atoms with van der Waals surface area (Å²) < 4.78 is 0. The molecule has 4 aliphatic carbocycles. The first kappa shape index (κ1) is 23.1. The molecule has 4 fully saturated rings. The van der Waals surface area contributed by atoms with Gasteiger partial charge in [-0.2, -0.15) is 0 Å². The van der Waals surface area contributed by atoms with E-state index in [1.807, 2.05) is 13.8 Å². The zero-order valence-electron chi connectivity index (χ0n) is 20.2. The topological polar surface area (TPSA) is 60.7 Å². The fourth-order valence-corrected chi connectivity index (χ4v) is 9.31. The molecule has 0 aromatic carbocycles. The lowest BCUT2D eigenvalue weighted by Crippen LogP contribution is -2.58. The molecule has 4 aliphatic rings. The molecule has 0 aliphatic heterocycles. The lowest BCUT2D eigenvalue weighted by Gasteiger charge is -2.62. The van der Waals surface area contributed by atoms with Gasteiger partial charge in [0.15, 0.2) is 0 Å². The number of aliphatic hydroxyl groups excluding tert-OH is 2. The van der Waals surface area contributed by atoms with E-state index in [0.29, 0.717) is 17.3 Å². The zero-order valence-corrected chi connectivity index (χ0v) is 20.2. The van der Waals surface area contributed by atoms with E-state index in [-0.39, 0.29) is 17.6 Å². The molecule has 0 amide bonds. The Kier molecular flexibility index (Phi) is 6.17. The molecule has 4 rings (SSSR count). The lowest BCUT2D eigenvalue weighted by molar-refractivity contribution is -0.172. The van der Waals surface area contributed by atoms with Crippen molar-refractivity contribution in [2.24, 2.45) is 46.3 Å². The molecule has 4 saturated carbocycles. The van der Waals surface area contributed by atoms with Crippen LogP contribution < -0.4 is 0 Å². The van der Waals surface area contributed by atoms with Gasteiger partial charge in [0.05, 0.1) is 17.8 Å². The second kappa shape index (κ2) is 8.03. The Morgan fingerprint density at radius 1 is 0.900 bits per heavy atom. The summed E-state index contributed by atoms with van der Waals surface area (Å²) in [5.74, 6) is 3.98. The summed E-state index contributed by atoms with van der Waals surface area (Å²) in [5, 5.41) is 31.5. The van der Waals surface area contributed by atoms with Gasteiger partial charge < -0.3 is 15.3 Å². The van der Waals surface area contributed by atoms with Crippen molar-refractivity contribution in [1.82, 2.24) is 0 Å². The van der Waals surface area contributed by atoms with Crippen molar-refractivity contribution in [3.8, 4) is 0 Å². The van der Waals surface area contributed by atoms with Crippen LogP contribution in [0.15, 0.2) is 0 Å². The highest BCUT2D eigenvalue weighted by Crippen LogP contribution is 2.68. The van der Waals surface area contributed by atoms with Gasteiger partial charge in [-0.05, 0) is 118 Å². The molecule has 3 heteroatoms. The Hall–Kier alpha value is -0.120. The predicted octanol–water partition coefficient (Wildman–Crippen LogP) is 5.55. The molecule has 0 spiro atoms. The van der Waals surface area contributed by atoms with Crippen LogP contribution >= 0.6 is 0 Å². The van der Waals surface area contributed by atoms with Crippen LogP contribution in [0.1, 0.15) is 105 Å². The molecule has 3 unspecified atom stereocenters. The molecule has 3 nitrogen and oxygen atoms in total. The molecule has 0 bridgehead atoms. The molecule has 0 aromatic heterocycles. The minimum atomic E-state index is -0.544. The van der Waals surface area contributed by atoms with Crippen LogP contribution in [0.5, 0.6) is 0 Å². The van der Waals surface area contributed by atoms with Crippen molar-refractivity contribution in [1.29, 1.82) is 0 Å². The van der Waals surface area contributed by atoms with Gasteiger partial charge in [0.25, 0.3) is 0 Å². The van der Waals surface area contributed by atoms with Crippen LogP contribution in [0, 0.1) is 46.3 Å². The molecule has 0 aromatic rings. The largest absolute Gasteiger partial charge is 0.393 e. The quantitative estimate of drug-likeness (QED) is 0.546. The number of hydrogen-bond donors (Lipinski definition) is 3. The summed E-state index contributed by atoms with van der Waals surface area (Å²) in [6, 6.07) is 0. The summed E-state index contributed by atoms with van der Waals surface area (Å²) in [4.78, 5) is 0. The Balaban J connectivity index is 1.48. The van der Waals surface area contributed by atoms with Gasteiger partial charge in [0, 0.05) is 0 Å². The maximum Gasteiger partial charge on any atom is 0.0591 e. The van der Waals surface area contributed by atoms with Crippen molar-refractivity contribution in [2.75, 3.05) is 0 Å². The highest BCUT2D eigenvalue weighted by Gasteiger charge is 2.62. The Bertz CT molecular complexity index is 612. The Morgan fingerprint density at radius 3 is 2.27 bits per heavy atom. The maximum absolute atomic E-state index is 11.2. The number of fused-ring (bicyclic) bond motifs is 5. The van der Waals surface area contributed by atoms with Crippen LogP contribution in [-0.2, 0) is 0 Å². The van der Waals surface area contributed by atoms with E-state index in [1.165, 1.54) is 32.1 Å². The standard InChI is InChI=1S/C27H48O3/c1-17(7-6-12-25(2,3)30)20-8-9-21-19-16-24(29)23-15-18(28)10-13-27(23,5)22(19)11-14-26(20,21)4/h17-24,28-30H,6-16H2,1-5H3/t17-,18?,19+,20-,21+,22+,23?,24?,26-,27-/m1/s1. The van der Waals surface area contributed by atoms with E-state index in [0.717, 1.165) is 62.2 Å². The van der Waals surface area contributed by atoms with Crippen molar-refractivity contribution in [3.05, 3.63) is 0 Å². The fraction of sp³-hybridized carbons (Fsp3) is 1.00. The molecule has 0 saturated heterocycles. The summed E-state index contributed by atoms with van der Waals surface area (Å²) in [7, 11) is 0. The Morgan fingerprint density at radius 2 is 1.57 bits per heavy atom. The smallest absolute Gasteiger partial charge is 0.0591 e. The average Bonchev–Trinajstić information content (AvgIpc) is 3.00. The molecular formula is C27H48O3. The molecule has 0 heterocycles. The third-order valence-corrected chi connectivity index (χ3v) is 10.9. The molecular weight excluding hydrogens is 372 g/mol. The third kappa shape index (κ3) is 3.90. The van der Waals surface area contributed by atoms with Crippen LogP contribution in [0.2, 0.25) is 0 Å². The van der Waals surface area contributed by atoms with E-state index < -0.39 is 5.60 Å². The summed E-state index contributed by atoms with van der Waals surface area (Å²) in [6.45, 7) is 11.4. The summed E-state index contributed by atoms with van der Waals surface area (Å²) >= 11 is 0. The van der Waals surface area contributed by atoms with Crippen molar-refractivity contribution in [2.45, 2.75) is 123 Å². The first-order chi connectivity index (χ1) is 14.0. The van der Waals surface area contributed by atoms with Gasteiger partial charge >= 0.3 is 0 Å². The van der Waals surface area contributed by atoms with Crippen LogP contribution in [0.3, 0.4) is 0 Å². The molecule has 174 valence electrons. The molecule has 10 atom stereocenters. The lowest BCUT2D eigenvalue weighted by atomic mass is 9.44. The van der Waals surface area contributed by atoms with Gasteiger partial charge in [0.1, 0.15) is 0 Å². The predicted molar refractivity (Wildman–Crippen MR) is 122 cm³/mol. The van der Waals surface area contributed by atoms with Gasteiger partial charge in [-0.25, -0.2) is 0 Å². The third-order valence-electron chi connectivity index (χ3n) is 10.9. The molecule has 0 radical (unpaired) electrons. The van der Waals surface area contributed by atoms with E-state index in [1.54, 1.807) is 0 Å². The minimum Gasteiger partial charge on any atom is -0.393 e. The highest BCUT2D eigenvalue weighted by atomic mass is 16.3. The van der Waals surface area contributed by atoms with Crippen LogP contribution in [0.25, 0.3) is 0 Å². The van der Waals surface area contributed by atoms with E-state index in [2.05, 4.69) is 20.8 Å². The van der Waals surface area contributed by atoms with Crippen molar-refractivity contribution < 1.29 is 15.3 Å². The van der Waals surface area contributed by atoms with Gasteiger partial charge in [-0.15, -0.1) is 0 Å². The van der Waals surface area contributed by atoms with E-state index in [4.69, 9.17) is 0 Å². The number of rotatable bonds is 5. The minimum absolute atomic E-state index is 0.205. The fourth-order valence-electron chi connectivity index (χ4n) is 9.31. The summed E-state index contributed by atoms with van der Waals surface area (Å²) in [5.41, 5.74) is 0.101. The number of hydrogen-bond acceptors (Lipinski definition) is 3. The Labute approximate surface area is 185 Å². The SMILES string of the molecule is C[C@H](CCCC(C)(C)O)[C@H]1CC[C@H]2[C@@H]3CC(O)C4CC(O)CC[C@]4(C)[C@H]3CC[C@]12C. The second-order valence-electron chi connectivity index (χ2n) is 13.1. The van der Waals surface area contributed by atoms with Gasteiger partial charge in [0.2, 0.25) is 0 Å². The average molecular weight is 421 g/mol. The monoisotopic (exact) mass is 420 g/mol. The van der Waals surface area contributed by atoms with Crippen molar-refractivity contribution in [3.63, 3.8) is 0 Å². The first-order valence-electron chi connectivity index (χ1n) is 13.0. The van der Waals surface area contributed by atoms with Crippen LogP contribution in [-0.4, -0.2) is 33.1 Å². The van der Waals surface area contributed by atoms with Gasteiger partial charge in [-0.3, -0.25) is 0 Å². The van der Waals surface area contributed by atoms with Gasteiger partial charge in [-0.1, -0.05) is 33.6 Å². The zero-order chi connectivity index (χ0) is 21.9.